The summed E-state index contributed by atoms with van der Waals surface area (Å²) in [5.74, 6) is 1.22. The lowest BCUT2D eigenvalue weighted by Gasteiger charge is -2.16. The fraction of sp³-hybridized carbons (Fsp3) is 0.533. The number of fused-ring (bicyclic) bond motifs is 2. The first-order chi connectivity index (χ1) is 10.6. The van der Waals surface area contributed by atoms with E-state index in [0.717, 1.165) is 47.7 Å². The van der Waals surface area contributed by atoms with E-state index in [0.29, 0.717) is 22.4 Å². The van der Waals surface area contributed by atoms with Crippen LogP contribution >= 0.6 is 11.3 Å². The summed E-state index contributed by atoms with van der Waals surface area (Å²) in [7, 11) is 0. The first-order valence-electron chi connectivity index (χ1n) is 7.58. The topological polar surface area (TPSA) is 84.1 Å². The summed E-state index contributed by atoms with van der Waals surface area (Å²) < 4.78 is 0. The maximum atomic E-state index is 12.9. The molecule has 1 amide bonds. The molecule has 4 heterocycles. The molecule has 2 atom stereocenters. The number of hydrogen-bond acceptors (Lipinski definition) is 6. The van der Waals surface area contributed by atoms with Crippen molar-refractivity contribution in [1.82, 2.24) is 20.4 Å². The fourth-order valence-corrected chi connectivity index (χ4v) is 4.63. The summed E-state index contributed by atoms with van der Waals surface area (Å²) in [5, 5.41) is 12.6. The number of thiophene rings is 1. The standard InChI is InChI=1S/C15H19N5OS/c1-7-8(2)18-19-14-11(7)12(16)13(22-14)15(21)20-5-9-3-17-4-10(9)6-20/h9-10,17H,3-6,16H2,1-2H3. The van der Waals surface area contributed by atoms with E-state index in [-0.39, 0.29) is 5.91 Å². The smallest absolute Gasteiger partial charge is 0.266 e. The largest absolute Gasteiger partial charge is 0.397 e. The van der Waals surface area contributed by atoms with Crippen LogP contribution in [0.15, 0.2) is 0 Å². The van der Waals surface area contributed by atoms with Crippen LogP contribution < -0.4 is 11.1 Å². The van der Waals surface area contributed by atoms with Crippen molar-refractivity contribution in [2.75, 3.05) is 31.9 Å². The number of nitrogens with two attached hydrogens (primary N) is 1. The summed E-state index contributed by atoms with van der Waals surface area (Å²) in [5.41, 5.74) is 8.71. The number of aromatic nitrogens is 2. The van der Waals surface area contributed by atoms with Crippen LogP contribution in [0.3, 0.4) is 0 Å². The van der Waals surface area contributed by atoms with Gasteiger partial charge in [-0.15, -0.1) is 16.4 Å². The van der Waals surface area contributed by atoms with Crippen LogP contribution in [-0.4, -0.2) is 47.2 Å². The number of nitrogens with zero attached hydrogens (tertiary/aromatic N) is 3. The van der Waals surface area contributed by atoms with Gasteiger partial charge >= 0.3 is 0 Å². The van der Waals surface area contributed by atoms with E-state index in [9.17, 15) is 4.79 Å². The minimum atomic E-state index is 0.0481. The molecule has 22 heavy (non-hydrogen) atoms. The van der Waals surface area contributed by atoms with E-state index in [1.807, 2.05) is 18.7 Å². The molecule has 3 N–H and O–H groups in total. The average Bonchev–Trinajstić information content (AvgIpc) is 3.15. The van der Waals surface area contributed by atoms with Gasteiger partial charge in [0.25, 0.3) is 5.91 Å². The molecular weight excluding hydrogens is 298 g/mol. The molecule has 2 aromatic heterocycles. The first kappa shape index (κ1) is 13.9. The molecule has 7 heteroatoms. The number of rotatable bonds is 1. The zero-order valence-electron chi connectivity index (χ0n) is 12.7. The molecule has 2 unspecified atom stereocenters. The lowest BCUT2D eigenvalue weighted by atomic mass is 10.0. The molecule has 0 spiro atoms. The zero-order chi connectivity index (χ0) is 15.4. The second-order valence-corrected chi connectivity index (χ2v) is 7.32. The molecule has 4 rings (SSSR count). The van der Waals surface area contributed by atoms with Crippen LogP contribution in [0, 0.1) is 25.7 Å². The summed E-state index contributed by atoms with van der Waals surface area (Å²) in [4.78, 5) is 16.2. The zero-order valence-corrected chi connectivity index (χ0v) is 13.5. The Morgan fingerprint density at radius 2 is 1.95 bits per heavy atom. The van der Waals surface area contributed by atoms with Crippen LogP contribution in [-0.2, 0) is 0 Å². The highest BCUT2D eigenvalue weighted by Crippen LogP contribution is 2.37. The highest BCUT2D eigenvalue weighted by molar-refractivity contribution is 7.21. The predicted molar refractivity (Wildman–Crippen MR) is 87.1 cm³/mol. The molecule has 6 nitrogen and oxygen atoms in total. The lowest BCUT2D eigenvalue weighted by Crippen LogP contribution is -2.31. The van der Waals surface area contributed by atoms with Crippen LogP contribution in [0.25, 0.3) is 10.2 Å². The summed E-state index contributed by atoms with van der Waals surface area (Å²) in [6.07, 6.45) is 0. The maximum Gasteiger partial charge on any atom is 0.266 e. The van der Waals surface area contributed by atoms with Crippen molar-refractivity contribution in [2.24, 2.45) is 11.8 Å². The Hall–Kier alpha value is -1.73. The molecule has 0 aromatic carbocycles. The lowest BCUT2D eigenvalue weighted by molar-refractivity contribution is 0.0787. The molecule has 0 bridgehead atoms. The third-order valence-corrected chi connectivity index (χ3v) is 6.08. The number of anilines is 1. The van der Waals surface area contributed by atoms with Gasteiger partial charge in [-0.2, -0.15) is 5.10 Å². The number of hydrogen-bond donors (Lipinski definition) is 2. The third kappa shape index (κ3) is 1.92. The molecule has 0 aliphatic carbocycles. The van der Waals surface area contributed by atoms with Gasteiger partial charge < -0.3 is 16.0 Å². The summed E-state index contributed by atoms with van der Waals surface area (Å²) in [6.45, 7) is 7.58. The molecule has 0 saturated carbocycles. The van der Waals surface area contributed by atoms with Crippen LogP contribution in [0.2, 0.25) is 0 Å². The van der Waals surface area contributed by atoms with Crippen LogP contribution in [0.1, 0.15) is 20.9 Å². The SMILES string of the molecule is Cc1nnc2sc(C(=O)N3CC4CNCC4C3)c(N)c2c1C. The Morgan fingerprint density at radius 1 is 1.27 bits per heavy atom. The Morgan fingerprint density at radius 3 is 2.64 bits per heavy atom. The maximum absolute atomic E-state index is 12.9. The van der Waals surface area contributed by atoms with Crippen molar-refractivity contribution in [3.8, 4) is 0 Å². The number of aryl methyl sites for hydroxylation is 2. The second kappa shape index (κ2) is 4.89. The third-order valence-electron chi connectivity index (χ3n) is 5.01. The van der Waals surface area contributed by atoms with E-state index >= 15 is 0 Å². The van der Waals surface area contributed by atoms with Gasteiger partial charge in [-0.3, -0.25) is 4.79 Å². The minimum absolute atomic E-state index is 0.0481. The van der Waals surface area contributed by atoms with Crippen molar-refractivity contribution in [2.45, 2.75) is 13.8 Å². The molecule has 2 aromatic rings. The van der Waals surface area contributed by atoms with Gasteiger partial charge in [-0.05, 0) is 31.2 Å². The molecule has 2 fully saturated rings. The Labute approximate surface area is 132 Å². The van der Waals surface area contributed by atoms with Gasteiger partial charge in [-0.1, -0.05) is 0 Å². The summed E-state index contributed by atoms with van der Waals surface area (Å²) >= 11 is 1.36. The number of likely N-dealkylation sites (tertiary alicyclic amines) is 1. The highest BCUT2D eigenvalue weighted by Gasteiger charge is 2.39. The molecular formula is C15H19N5OS. The van der Waals surface area contributed by atoms with Gasteiger partial charge in [0.2, 0.25) is 0 Å². The van der Waals surface area contributed by atoms with E-state index in [4.69, 9.17) is 5.73 Å². The summed E-state index contributed by atoms with van der Waals surface area (Å²) in [6, 6.07) is 0. The fourth-order valence-electron chi connectivity index (χ4n) is 3.56. The van der Waals surface area contributed by atoms with E-state index in [1.165, 1.54) is 11.3 Å². The van der Waals surface area contributed by atoms with E-state index < -0.39 is 0 Å². The number of amides is 1. The highest BCUT2D eigenvalue weighted by atomic mass is 32.1. The molecule has 0 radical (unpaired) electrons. The van der Waals surface area contributed by atoms with Gasteiger partial charge in [0.05, 0.1) is 11.4 Å². The van der Waals surface area contributed by atoms with E-state index in [1.54, 1.807) is 0 Å². The quantitative estimate of drug-likeness (QED) is 0.825. The Bertz CT molecular complexity index is 759. The van der Waals surface area contributed by atoms with Crippen molar-refractivity contribution in [3.05, 3.63) is 16.1 Å². The first-order valence-corrected chi connectivity index (χ1v) is 8.39. The Kier molecular flexibility index (Phi) is 3.09. The van der Waals surface area contributed by atoms with Gasteiger partial charge in [-0.25, -0.2) is 0 Å². The normalized spacial score (nSPS) is 24.2. The van der Waals surface area contributed by atoms with Gasteiger partial charge in [0.1, 0.15) is 9.71 Å². The van der Waals surface area contributed by atoms with Crippen molar-refractivity contribution >= 4 is 33.1 Å². The molecule has 2 saturated heterocycles. The van der Waals surface area contributed by atoms with Gasteiger partial charge in [0, 0.05) is 31.6 Å². The van der Waals surface area contributed by atoms with Gasteiger partial charge in [0.15, 0.2) is 0 Å². The number of carbonyl (C=O) groups excluding carboxylic acids is 1. The second-order valence-electron chi connectivity index (χ2n) is 6.32. The number of nitrogens with one attached hydrogen (secondary N) is 1. The number of nitrogen functional groups attached to an aromatic ring is 1. The van der Waals surface area contributed by atoms with Crippen molar-refractivity contribution in [3.63, 3.8) is 0 Å². The predicted octanol–water partition coefficient (Wildman–Crippen LogP) is 1.18. The monoisotopic (exact) mass is 317 g/mol. The van der Waals surface area contributed by atoms with Crippen molar-refractivity contribution < 1.29 is 4.79 Å². The number of carbonyl (C=O) groups is 1. The minimum Gasteiger partial charge on any atom is -0.397 e. The average molecular weight is 317 g/mol. The Balaban J connectivity index is 1.71. The molecule has 2 aliphatic heterocycles. The molecule has 116 valence electrons. The molecule has 2 aliphatic rings. The van der Waals surface area contributed by atoms with E-state index in [2.05, 4.69) is 15.5 Å². The van der Waals surface area contributed by atoms with Crippen LogP contribution in [0.5, 0.6) is 0 Å². The van der Waals surface area contributed by atoms with Crippen molar-refractivity contribution in [1.29, 1.82) is 0 Å². The van der Waals surface area contributed by atoms with Crippen LogP contribution in [0.4, 0.5) is 5.69 Å².